The van der Waals surface area contributed by atoms with E-state index in [0.717, 1.165) is 18.9 Å². The molecule has 0 fully saturated rings. The topological polar surface area (TPSA) is 35.8 Å². The second-order valence-electron chi connectivity index (χ2n) is 5.57. The zero-order valence-electron chi connectivity index (χ0n) is 10.9. The van der Waals surface area contributed by atoms with Gasteiger partial charge in [0.1, 0.15) is 0 Å². The molecule has 0 rings (SSSR count). The maximum absolute atomic E-state index is 8.86. The highest BCUT2D eigenvalue weighted by molar-refractivity contribution is 4.91. The minimum Gasteiger partial charge on any atom is -0.314 e. The number of nitrogens with zero attached hydrogens (tertiary/aromatic N) is 1. The number of nitrogens with one attached hydrogen (secondary N) is 1. The smallest absolute Gasteiger partial charge is 0.0684 e. The van der Waals surface area contributed by atoms with Crippen molar-refractivity contribution in [2.75, 3.05) is 6.54 Å². The minimum absolute atomic E-state index is 0.190. The quantitative estimate of drug-likeness (QED) is 0.699. The van der Waals surface area contributed by atoms with Crippen molar-refractivity contribution < 1.29 is 0 Å². The highest BCUT2D eigenvalue weighted by atomic mass is 14.9. The van der Waals surface area contributed by atoms with E-state index in [1.807, 2.05) is 13.8 Å². The normalized spacial score (nSPS) is 13.9. The zero-order valence-corrected chi connectivity index (χ0v) is 10.9. The van der Waals surface area contributed by atoms with E-state index in [4.69, 9.17) is 5.26 Å². The fourth-order valence-corrected chi connectivity index (χ4v) is 1.37. The summed E-state index contributed by atoms with van der Waals surface area (Å²) in [6.07, 6.45) is 3.43. The molecule has 15 heavy (non-hydrogen) atoms. The summed E-state index contributed by atoms with van der Waals surface area (Å²) in [5, 5.41) is 12.3. The standard InChI is InChI=1S/C13H26N2/c1-11(2)6-7-12(3)15-9-8-13(4,5)10-14/h11-12,15H,6-9H2,1-5H3. The van der Waals surface area contributed by atoms with Crippen molar-refractivity contribution in [3.63, 3.8) is 0 Å². The van der Waals surface area contributed by atoms with Crippen molar-refractivity contribution in [3.05, 3.63) is 0 Å². The van der Waals surface area contributed by atoms with E-state index in [-0.39, 0.29) is 5.41 Å². The molecule has 0 heterocycles. The first-order valence-electron chi connectivity index (χ1n) is 6.02. The monoisotopic (exact) mass is 210 g/mol. The number of rotatable bonds is 7. The molecule has 0 spiro atoms. The van der Waals surface area contributed by atoms with E-state index in [1.54, 1.807) is 0 Å². The van der Waals surface area contributed by atoms with E-state index in [1.165, 1.54) is 12.8 Å². The Morgan fingerprint density at radius 3 is 2.27 bits per heavy atom. The second kappa shape index (κ2) is 6.85. The first kappa shape index (κ1) is 14.5. The number of hydrogen-bond donors (Lipinski definition) is 1. The molecular weight excluding hydrogens is 184 g/mol. The molecule has 0 amide bonds. The first-order valence-corrected chi connectivity index (χ1v) is 6.02. The lowest BCUT2D eigenvalue weighted by Crippen LogP contribution is -2.29. The molecule has 0 aliphatic heterocycles. The summed E-state index contributed by atoms with van der Waals surface area (Å²) >= 11 is 0. The van der Waals surface area contributed by atoms with Crippen LogP contribution in [-0.4, -0.2) is 12.6 Å². The predicted octanol–water partition coefficient (Wildman–Crippen LogP) is 3.34. The maximum Gasteiger partial charge on any atom is 0.0684 e. The highest BCUT2D eigenvalue weighted by Crippen LogP contribution is 2.17. The summed E-state index contributed by atoms with van der Waals surface area (Å²) in [6.45, 7) is 11.7. The number of hydrogen-bond acceptors (Lipinski definition) is 2. The van der Waals surface area contributed by atoms with Gasteiger partial charge in [0.2, 0.25) is 0 Å². The highest BCUT2D eigenvalue weighted by Gasteiger charge is 2.16. The van der Waals surface area contributed by atoms with Crippen LogP contribution in [0.2, 0.25) is 0 Å². The zero-order chi connectivity index (χ0) is 11.9. The number of nitriles is 1. The molecule has 2 heteroatoms. The van der Waals surface area contributed by atoms with Gasteiger partial charge >= 0.3 is 0 Å². The molecule has 0 aliphatic carbocycles. The van der Waals surface area contributed by atoms with Crippen LogP contribution in [0, 0.1) is 22.7 Å². The molecule has 1 unspecified atom stereocenters. The van der Waals surface area contributed by atoms with Crippen LogP contribution in [0.5, 0.6) is 0 Å². The van der Waals surface area contributed by atoms with Gasteiger partial charge in [-0.2, -0.15) is 5.26 Å². The Labute approximate surface area is 95.1 Å². The van der Waals surface area contributed by atoms with Crippen molar-refractivity contribution in [1.29, 1.82) is 5.26 Å². The molecule has 1 atom stereocenters. The molecule has 0 bridgehead atoms. The average molecular weight is 210 g/mol. The van der Waals surface area contributed by atoms with Gasteiger partial charge in [-0.1, -0.05) is 13.8 Å². The Kier molecular flexibility index (Phi) is 6.60. The molecule has 0 radical (unpaired) electrons. The first-order chi connectivity index (χ1) is 6.87. The van der Waals surface area contributed by atoms with Crippen LogP contribution in [0.1, 0.15) is 53.9 Å². The fraction of sp³-hybridized carbons (Fsp3) is 0.923. The van der Waals surface area contributed by atoms with Crippen molar-refractivity contribution >= 4 is 0 Å². The van der Waals surface area contributed by atoms with Gasteiger partial charge in [-0.05, 0) is 52.5 Å². The van der Waals surface area contributed by atoms with Crippen LogP contribution in [0.3, 0.4) is 0 Å². The molecule has 0 aromatic carbocycles. The maximum atomic E-state index is 8.86. The second-order valence-corrected chi connectivity index (χ2v) is 5.57. The molecule has 0 aromatic rings. The Balaban J connectivity index is 3.56. The molecule has 0 aliphatic rings. The third-order valence-corrected chi connectivity index (χ3v) is 2.72. The Hall–Kier alpha value is -0.550. The lowest BCUT2D eigenvalue weighted by molar-refractivity contribution is 0.393. The van der Waals surface area contributed by atoms with E-state index in [2.05, 4.69) is 32.2 Å². The molecular formula is C13H26N2. The van der Waals surface area contributed by atoms with Crippen LogP contribution < -0.4 is 5.32 Å². The van der Waals surface area contributed by atoms with Crippen LogP contribution in [-0.2, 0) is 0 Å². The summed E-state index contributed by atoms with van der Waals surface area (Å²) < 4.78 is 0. The minimum atomic E-state index is -0.190. The third-order valence-electron chi connectivity index (χ3n) is 2.72. The molecule has 0 saturated heterocycles. The van der Waals surface area contributed by atoms with E-state index in [0.29, 0.717) is 6.04 Å². The van der Waals surface area contributed by atoms with Gasteiger partial charge in [-0.15, -0.1) is 0 Å². The Morgan fingerprint density at radius 1 is 1.20 bits per heavy atom. The third kappa shape index (κ3) is 8.44. The van der Waals surface area contributed by atoms with Crippen molar-refractivity contribution in [1.82, 2.24) is 5.32 Å². The van der Waals surface area contributed by atoms with E-state index < -0.39 is 0 Å². The van der Waals surface area contributed by atoms with Gasteiger partial charge in [-0.25, -0.2) is 0 Å². The summed E-state index contributed by atoms with van der Waals surface area (Å²) in [5.74, 6) is 0.782. The SMILES string of the molecule is CC(C)CCC(C)NCCC(C)(C)C#N. The van der Waals surface area contributed by atoms with Crippen LogP contribution >= 0.6 is 0 Å². The Bertz CT molecular complexity index is 201. The van der Waals surface area contributed by atoms with Gasteiger partial charge in [0.25, 0.3) is 0 Å². The van der Waals surface area contributed by atoms with Crippen LogP contribution in [0.4, 0.5) is 0 Å². The van der Waals surface area contributed by atoms with Gasteiger partial charge < -0.3 is 5.32 Å². The van der Waals surface area contributed by atoms with Gasteiger partial charge in [0.15, 0.2) is 0 Å². The average Bonchev–Trinajstić information content (AvgIpc) is 2.14. The fourth-order valence-electron chi connectivity index (χ4n) is 1.37. The molecule has 88 valence electrons. The summed E-state index contributed by atoms with van der Waals surface area (Å²) in [5.41, 5.74) is -0.190. The van der Waals surface area contributed by atoms with Gasteiger partial charge in [0, 0.05) is 6.04 Å². The largest absolute Gasteiger partial charge is 0.314 e. The van der Waals surface area contributed by atoms with Gasteiger partial charge in [-0.3, -0.25) is 0 Å². The van der Waals surface area contributed by atoms with Crippen molar-refractivity contribution in [3.8, 4) is 6.07 Å². The van der Waals surface area contributed by atoms with Crippen molar-refractivity contribution in [2.45, 2.75) is 59.9 Å². The van der Waals surface area contributed by atoms with Crippen LogP contribution in [0.25, 0.3) is 0 Å². The molecule has 0 saturated carbocycles. The van der Waals surface area contributed by atoms with Gasteiger partial charge in [0.05, 0.1) is 11.5 Å². The summed E-state index contributed by atoms with van der Waals surface area (Å²) in [4.78, 5) is 0. The summed E-state index contributed by atoms with van der Waals surface area (Å²) in [6, 6.07) is 2.90. The predicted molar refractivity (Wildman–Crippen MR) is 65.5 cm³/mol. The lowest BCUT2D eigenvalue weighted by Gasteiger charge is -2.19. The summed E-state index contributed by atoms with van der Waals surface area (Å²) in [7, 11) is 0. The molecule has 0 aromatic heterocycles. The van der Waals surface area contributed by atoms with Crippen molar-refractivity contribution in [2.24, 2.45) is 11.3 Å². The van der Waals surface area contributed by atoms with E-state index in [9.17, 15) is 0 Å². The van der Waals surface area contributed by atoms with Crippen LogP contribution in [0.15, 0.2) is 0 Å². The molecule has 1 N–H and O–H groups in total. The van der Waals surface area contributed by atoms with E-state index >= 15 is 0 Å². The molecule has 2 nitrogen and oxygen atoms in total. The lowest BCUT2D eigenvalue weighted by atomic mass is 9.91. The Morgan fingerprint density at radius 2 is 1.80 bits per heavy atom.